The Labute approximate surface area is 95.6 Å². The van der Waals surface area contributed by atoms with E-state index in [1.54, 1.807) is 0 Å². The molecule has 1 fully saturated rings. The Morgan fingerprint density at radius 3 is 3.25 bits per heavy atom. The third kappa shape index (κ3) is 3.02. The maximum atomic E-state index is 5.37. The molecule has 1 N–H and O–H groups in total. The third-order valence-corrected chi connectivity index (χ3v) is 2.71. The summed E-state index contributed by atoms with van der Waals surface area (Å²) in [6.45, 7) is 5.32. The second-order valence-electron chi connectivity index (χ2n) is 4.14. The van der Waals surface area contributed by atoms with Crippen LogP contribution in [0.25, 0.3) is 0 Å². The Morgan fingerprint density at radius 1 is 1.56 bits per heavy atom. The highest BCUT2D eigenvalue weighted by atomic mass is 16.5. The first-order chi connectivity index (χ1) is 7.90. The smallest absolute Gasteiger partial charge is 0.231 e. The summed E-state index contributed by atoms with van der Waals surface area (Å²) in [7, 11) is 0. The van der Waals surface area contributed by atoms with Crippen molar-refractivity contribution in [1.82, 2.24) is 15.5 Å². The van der Waals surface area contributed by atoms with Crippen molar-refractivity contribution in [1.29, 1.82) is 0 Å². The van der Waals surface area contributed by atoms with Crippen LogP contribution >= 0.6 is 0 Å². The molecule has 2 rings (SSSR count). The summed E-state index contributed by atoms with van der Waals surface area (Å²) in [6.07, 6.45) is 3.32. The summed E-state index contributed by atoms with van der Waals surface area (Å²) in [6, 6.07) is 0. The summed E-state index contributed by atoms with van der Waals surface area (Å²) in [5.74, 6) is 1.79. The van der Waals surface area contributed by atoms with E-state index in [2.05, 4.69) is 22.4 Å². The van der Waals surface area contributed by atoms with Crippen molar-refractivity contribution in [2.24, 2.45) is 0 Å². The highest BCUT2D eigenvalue weighted by Crippen LogP contribution is 2.21. The Hall–Kier alpha value is -0.940. The second kappa shape index (κ2) is 5.96. The van der Waals surface area contributed by atoms with Crippen molar-refractivity contribution in [3.8, 4) is 0 Å². The molecule has 0 spiro atoms. The molecular formula is C11H19N3O2. The second-order valence-corrected chi connectivity index (χ2v) is 4.14. The number of aromatic nitrogens is 2. The van der Waals surface area contributed by atoms with E-state index in [4.69, 9.17) is 9.26 Å². The fourth-order valence-electron chi connectivity index (χ4n) is 1.86. The third-order valence-electron chi connectivity index (χ3n) is 2.71. The van der Waals surface area contributed by atoms with Crippen molar-refractivity contribution in [2.75, 3.05) is 19.7 Å². The van der Waals surface area contributed by atoms with Crippen LogP contribution in [0, 0.1) is 0 Å². The maximum Gasteiger partial charge on any atom is 0.231 e. The Bertz CT molecular complexity index is 308. The van der Waals surface area contributed by atoms with E-state index in [-0.39, 0.29) is 0 Å². The predicted octanol–water partition coefficient (Wildman–Crippen LogP) is 1.46. The lowest BCUT2D eigenvalue weighted by molar-refractivity contribution is 0.114. The number of ether oxygens (including phenoxy) is 1. The molecule has 0 amide bonds. The van der Waals surface area contributed by atoms with Gasteiger partial charge in [-0.2, -0.15) is 4.98 Å². The Kier molecular flexibility index (Phi) is 4.30. The van der Waals surface area contributed by atoms with Crippen molar-refractivity contribution >= 4 is 0 Å². The van der Waals surface area contributed by atoms with Crippen LogP contribution < -0.4 is 5.32 Å². The van der Waals surface area contributed by atoms with Crippen LogP contribution in [0.5, 0.6) is 0 Å². The molecule has 0 aliphatic carbocycles. The molecule has 1 saturated heterocycles. The van der Waals surface area contributed by atoms with Crippen LogP contribution in [0.1, 0.15) is 43.8 Å². The number of hydrogen-bond acceptors (Lipinski definition) is 5. The minimum absolute atomic E-state index is 0.376. The van der Waals surface area contributed by atoms with Gasteiger partial charge in [-0.1, -0.05) is 12.1 Å². The number of piperidine rings is 1. The largest absolute Gasteiger partial charge is 0.373 e. The van der Waals surface area contributed by atoms with Crippen LogP contribution in [-0.4, -0.2) is 29.8 Å². The van der Waals surface area contributed by atoms with Gasteiger partial charge >= 0.3 is 0 Å². The Morgan fingerprint density at radius 2 is 2.50 bits per heavy atom. The van der Waals surface area contributed by atoms with E-state index in [1.165, 1.54) is 6.42 Å². The highest BCUT2D eigenvalue weighted by molar-refractivity contribution is 4.96. The zero-order valence-corrected chi connectivity index (χ0v) is 9.74. The monoisotopic (exact) mass is 225 g/mol. The van der Waals surface area contributed by atoms with Gasteiger partial charge in [0.25, 0.3) is 0 Å². The normalized spacial score (nSPS) is 21.2. The maximum absolute atomic E-state index is 5.37. The fourth-order valence-corrected chi connectivity index (χ4v) is 1.86. The Balaban J connectivity index is 1.85. The molecule has 1 aromatic heterocycles. The van der Waals surface area contributed by atoms with Gasteiger partial charge in [-0.15, -0.1) is 0 Å². The molecule has 5 nitrogen and oxygen atoms in total. The van der Waals surface area contributed by atoms with E-state index in [0.717, 1.165) is 38.4 Å². The molecule has 0 saturated carbocycles. The van der Waals surface area contributed by atoms with Gasteiger partial charge in [-0.3, -0.25) is 0 Å². The van der Waals surface area contributed by atoms with Crippen molar-refractivity contribution in [2.45, 2.75) is 38.7 Å². The summed E-state index contributed by atoms with van der Waals surface area (Å²) in [4.78, 5) is 4.36. The predicted molar refractivity (Wildman–Crippen MR) is 59.1 cm³/mol. The molecule has 5 heteroatoms. The molecule has 2 heterocycles. The van der Waals surface area contributed by atoms with Gasteiger partial charge in [0.15, 0.2) is 5.82 Å². The van der Waals surface area contributed by atoms with Crippen molar-refractivity contribution in [3.63, 3.8) is 0 Å². The average molecular weight is 225 g/mol. The zero-order chi connectivity index (χ0) is 11.2. The lowest BCUT2D eigenvalue weighted by atomic mass is 10.00. The summed E-state index contributed by atoms with van der Waals surface area (Å²) in [5, 5.41) is 7.26. The fraction of sp³-hybridized carbons (Fsp3) is 0.818. The van der Waals surface area contributed by atoms with Crippen LogP contribution in [0.15, 0.2) is 4.52 Å². The van der Waals surface area contributed by atoms with Crippen LogP contribution in [0.2, 0.25) is 0 Å². The minimum atomic E-state index is 0.376. The van der Waals surface area contributed by atoms with Gasteiger partial charge in [0, 0.05) is 13.2 Å². The van der Waals surface area contributed by atoms with Crippen LogP contribution in [0.3, 0.4) is 0 Å². The lowest BCUT2D eigenvalue weighted by Crippen LogP contribution is -2.28. The number of rotatable bonds is 5. The number of nitrogens with zero attached hydrogens (tertiary/aromatic N) is 2. The first-order valence-corrected chi connectivity index (χ1v) is 6.01. The molecule has 90 valence electrons. The van der Waals surface area contributed by atoms with Crippen molar-refractivity contribution in [3.05, 3.63) is 11.7 Å². The van der Waals surface area contributed by atoms with Gasteiger partial charge in [-0.25, -0.2) is 0 Å². The van der Waals surface area contributed by atoms with Gasteiger partial charge in [0.2, 0.25) is 5.89 Å². The van der Waals surface area contributed by atoms with Crippen LogP contribution in [-0.2, 0) is 11.3 Å². The molecule has 0 aromatic carbocycles. The molecule has 0 radical (unpaired) electrons. The first kappa shape index (κ1) is 11.5. The molecule has 1 aromatic rings. The van der Waals surface area contributed by atoms with E-state index >= 15 is 0 Å². The highest BCUT2D eigenvalue weighted by Gasteiger charge is 2.21. The number of hydrogen-bond donors (Lipinski definition) is 1. The average Bonchev–Trinajstić information content (AvgIpc) is 2.79. The molecule has 0 bridgehead atoms. The molecule has 1 atom stereocenters. The van der Waals surface area contributed by atoms with E-state index in [0.29, 0.717) is 18.3 Å². The van der Waals surface area contributed by atoms with E-state index in [9.17, 15) is 0 Å². The zero-order valence-electron chi connectivity index (χ0n) is 9.74. The SMILES string of the molecule is CCCOCc1noc([C@H]2CCCNC2)n1. The summed E-state index contributed by atoms with van der Waals surface area (Å²) >= 11 is 0. The van der Waals surface area contributed by atoms with Gasteiger partial charge < -0.3 is 14.6 Å². The topological polar surface area (TPSA) is 60.2 Å². The summed E-state index contributed by atoms with van der Waals surface area (Å²) in [5.41, 5.74) is 0. The van der Waals surface area contributed by atoms with Crippen LogP contribution in [0.4, 0.5) is 0 Å². The van der Waals surface area contributed by atoms with Gasteiger partial charge in [0.05, 0.1) is 5.92 Å². The molecule has 16 heavy (non-hydrogen) atoms. The molecule has 0 unspecified atom stereocenters. The minimum Gasteiger partial charge on any atom is -0.373 e. The molecule has 1 aliphatic heterocycles. The first-order valence-electron chi connectivity index (χ1n) is 6.01. The molecular weight excluding hydrogens is 206 g/mol. The van der Waals surface area contributed by atoms with E-state index in [1.807, 2.05) is 0 Å². The summed E-state index contributed by atoms with van der Waals surface area (Å²) < 4.78 is 10.6. The van der Waals surface area contributed by atoms with Crippen molar-refractivity contribution < 1.29 is 9.26 Å². The van der Waals surface area contributed by atoms with Gasteiger partial charge in [-0.05, 0) is 25.8 Å². The van der Waals surface area contributed by atoms with Gasteiger partial charge in [0.1, 0.15) is 6.61 Å². The standard InChI is InChI=1S/C11H19N3O2/c1-2-6-15-8-10-13-11(16-14-10)9-4-3-5-12-7-9/h9,12H,2-8H2,1H3/t9-/m0/s1. The quantitative estimate of drug-likeness (QED) is 0.769. The number of nitrogens with one attached hydrogen (secondary N) is 1. The van der Waals surface area contributed by atoms with E-state index < -0.39 is 0 Å². The lowest BCUT2D eigenvalue weighted by Gasteiger charge is -2.18. The molecule has 1 aliphatic rings.